The molecule has 1 fully saturated rings. The monoisotopic (exact) mass is 317 g/mol. The van der Waals surface area contributed by atoms with Crippen LogP contribution in [0.4, 0.5) is 0 Å². The quantitative estimate of drug-likeness (QED) is 0.928. The number of halogens is 1. The van der Waals surface area contributed by atoms with E-state index in [9.17, 15) is 8.42 Å². The molecule has 0 saturated carbocycles. The maximum Gasteiger partial charge on any atom is 0.244 e. The topological polar surface area (TPSA) is 57.6 Å². The lowest BCUT2D eigenvalue weighted by Crippen LogP contribution is -2.38. The summed E-state index contributed by atoms with van der Waals surface area (Å²) < 4.78 is 26.8. The molecule has 0 aromatic heterocycles. The predicted molar refractivity (Wildman–Crippen MR) is 79.1 cm³/mol. The Morgan fingerprint density at radius 3 is 2.55 bits per heavy atom. The van der Waals surface area contributed by atoms with Gasteiger partial charge in [-0.2, -0.15) is 4.31 Å². The first-order valence-corrected chi connectivity index (χ1v) is 8.70. The van der Waals surface area contributed by atoms with E-state index in [1.165, 1.54) is 16.4 Å². The summed E-state index contributed by atoms with van der Waals surface area (Å²) >= 11 is 6.03. The van der Waals surface area contributed by atoms with Crippen LogP contribution in [-0.4, -0.2) is 30.9 Å². The number of sulfonamides is 1. The van der Waals surface area contributed by atoms with Crippen molar-refractivity contribution < 1.29 is 13.5 Å². The molecule has 0 bridgehead atoms. The minimum atomic E-state index is -3.57. The van der Waals surface area contributed by atoms with Gasteiger partial charge in [-0.15, -0.1) is 0 Å². The highest BCUT2D eigenvalue weighted by atomic mass is 35.5. The molecule has 1 N–H and O–H groups in total. The van der Waals surface area contributed by atoms with Gasteiger partial charge in [-0.05, 0) is 36.5 Å². The molecule has 1 aromatic rings. The van der Waals surface area contributed by atoms with Crippen molar-refractivity contribution in [2.24, 2.45) is 5.92 Å². The average molecular weight is 318 g/mol. The molecule has 0 aliphatic carbocycles. The fraction of sp³-hybridized carbons (Fsp3) is 0.571. The fourth-order valence-corrected chi connectivity index (χ4v) is 4.54. The second-order valence-corrected chi connectivity index (χ2v) is 7.49. The fourth-order valence-electron chi connectivity index (χ4n) is 2.54. The maximum absolute atomic E-state index is 12.6. The van der Waals surface area contributed by atoms with Crippen molar-refractivity contribution in [3.05, 3.63) is 28.8 Å². The van der Waals surface area contributed by atoms with E-state index in [1.807, 2.05) is 0 Å². The van der Waals surface area contributed by atoms with Crippen molar-refractivity contribution in [3.63, 3.8) is 0 Å². The van der Waals surface area contributed by atoms with Gasteiger partial charge in [0, 0.05) is 13.1 Å². The number of piperidine rings is 1. The van der Waals surface area contributed by atoms with Crippen LogP contribution >= 0.6 is 11.6 Å². The van der Waals surface area contributed by atoms with E-state index in [0.717, 1.165) is 19.3 Å². The number of hydrogen-bond acceptors (Lipinski definition) is 3. The Bertz CT molecular complexity index is 566. The molecular formula is C14H20ClNO3S. The van der Waals surface area contributed by atoms with Crippen LogP contribution in [-0.2, 0) is 16.6 Å². The van der Waals surface area contributed by atoms with E-state index >= 15 is 0 Å². The molecule has 112 valence electrons. The smallest absolute Gasteiger partial charge is 0.244 e. The van der Waals surface area contributed by atoms with E-state index in [0.29, 0.717) is 24.6 Å². The van der Waals surface area contributed by atoms with Crippen LogP contribution in [0.3, 0.4) is 0 Å². The molecule has 0 spiro atoms. The zero-order chi connectivity index (χ0) is 14.8. The van der Waals surface area contributed by atoms with Crippen molar-refractivity contribution in [3.8, 4) is 0 Å². The molecule has 0 amide bonds. The number of hydrogen-bond donors (Lipinski definition) is 1. The highest BCUT2D eigenvalue weighted by molar-refractivity contribution is 7.89. The van der Waals surface area contributed by atoms with Crippen LogP contribution in [0.25, 0.3) is 0 Å². The summed E-state index contributed by atoms with van der Waals surface area (Å²) in [6, 6.07) is 4.62. The van der Waals surface area contributed by atoms with E-state index in [4.69, 9.17) is 16.7 Å². The first-order valence-electron chi connectivity index (χ1n) is 6.88. The zero-order valence-corrected chi connectivity index (χ0v) is 13.1. The average Bonchev–Trinajstić information content (AvgIpc) is 2.47. The number of nitrogens with zero attached hydrogens (tertiary/aromatic N) is 1. The standard InChI is InChI=1S/C14H20ClNO3S/c1-2-11-5-7-16(8-6-11)20(18,19)14-9-12(10-17)3-4-13(14)15/h3-4,9,11,17H,2,5-8,10H2,1H3. The van der Waals surface area contributed by atoms with Gasteiger partial charge in [-0.1, -0.05) is 31.0 Å². The molecule has 0 unspecified atom stereocenters. The first kappa shape index (κ1) is 15.8. The third-order valence-corrected chi connectivity index (χ3v) is 6.33. The van der Waals surface area contributed by atoms with E-state index < -0.39 is 10.0 Å². The Labute approximate surface area is 125 Å². The minimum absolute atomic E-state index is 0.0978. The van der Waals surface area contributed by atoms with Crippen molar-refractivity contribution in [1.82, 2.24) is 4.31 Å². The van der Waals surface area contributed by atoms with Crippen molar-refractivity contribution in [2.75, 3.05) is 13.1 Å². The number of rotatable bonds is 4. The third kappa shape index (κ3) is 3.17. The van der Waals surface area contributed by atoms with E-state index in [1.54, 1.807) is 6.07 Å². The zero-order valence-electron chi connectivity index (χ0n) is 11.5. The molecular weight excluding hydrogens is 298 g/mol. The largest absolute Gasteiger partial charge is 0.392 e. The molecule has 1 saturated heterocycles. The van der Waals surface area contributed by atoms with Crippen LogP contribution < -0.4 is 0 Å². The summed E-state index contributed by atoms with van der Waals surface area (Å²) in [5.74, 6) is 0.612. The van der Waals surface area contributed by atoms with Crippen LogP contribution in [0.5, 0.6) is 0 Å². The van der Waals surface area contributed by atoms with Gasteiger partial charge in [0.05, 0.1) is 11.6 Å². The van der Waals surface area contributed by atoms with Gasteiger partial charge in [-0.25, -0.2) is 8.42 Å². The Balaban J connectivity index is 2.27. The predicted octanol–water partition coefficient (Wildman–Crippen LogP) is 2.64. The van der Waals surface area contributed by atoms with Gasteiger partial charge in [0.25, 0.3) is 0 Å². The van der Waals surface area contributed by atoms with E-state index in [-0.39, 0.29) is 16.5 Å². The lowest BCUT2D eigenvalue weighted by Gasteiger charge is -2.31. The molecule has 2 rings (SSSR count). The number of aliphatic hydroxyl groups is 1. The second-order valence-electron chi connectivity index (χ2n) is 5.18. The van der Waals surface area contributed by atoms with Gasteiger partial charge in [0.1, 0.15) is 4.90 Å². The summed E-state index contributed by atoms with van der Waals surface area (Å²) in [5, 5.41) is 9.35. The van der Waals surface area contributed by atoms with Crippen LogP contribution in [0.15, 0.2) is 23.1 Å². The molecule has 6 heteroatoms. The number of benzene rings is 1. The first-order chi connectivity index (χ1) is 9.48. The number of aliphatic hydroxyl groups excluding tert-OH is 1. The molecule has 1 aliphatic heterocycles. The van der Waals surface area contributed by atoms with Crippen molar-refractivity contribution in [2.45, 2.75) is 37.7 Å². The molecule has 1 aliphatic rings. The minimum Gasteiger partial charge on any atom is -0.392 e. The third-order valence-electron chi connectivity index (χ3n) is 3.95. The van der Waals surface area contributed by atoms with Crippen LogP contribution in [0.1, 0.15) is 31.7 Å². The van der Waals surface area contributed by atoms with Crippen molar-refractivity contribution in [1.29, 1.82) is 0 Å². The maximum atomic E-state index is 12.6. The lowest BCUT2D eigenvalue weighted by atomic mass is 9.96. The van der Waals surface area contributed by atoms with Gasteiger partial charge >= 0.3 is 0 Å². The summed E-state index contributed by atoms with van der Waals surface area (Å²) in [4.78, 5) is 0.0978. The summed E-state index contributed by atoms with van der Waals surface area (Å²) in [7, 11) is -3.57. The molecule has 4 nitrogen and oxygen atoms in total. The van der Waals surface area contributed by atoms with Gasteiger partial charge < -0.3 is 5.11 Å². The summed E-state index contributed by atoms with van der Waals surface area (Å²) in [6.45, 7) is 3.02. The van der Waals surface area contributed by atoms with Gasteiger partial charge in [0.15, 0.2) is 0 Å². The summed E-state index contributed by atoms with van der Waals surface area (Å²) in [6.07, 6.45) is 2.88. The molecule has 0 radical (unpaired) electrons. The molecule has 0 atom stereocenters. The molecule has 1 heterocycles. The van der Waals surface area contributed by atoms with Gasteiger partial charge in [-0.3, -0.25) is 0 Å². The molecule has 20 heavy (non-hydrogen) atoms. The Morgan fingerprint density at radius 2 is 2.00 bits per heavy atom. The normalized spacial score (nSPS) is 18.4. The summed E-state index contributed by atoms with van der Waals surface area (Å²) in [5.41, 5.74) is 0.552. The highest BCUT2D eigenvalue weighted by Crippen LogP contribution is 2.29. The van der Waals surface area contributed by atoms with Crippen LogP contribution in [0, 0.1) is 5.92 Å². The Hall–Kier alpha value is -0.620. The van der Waals surface area contributed by atoms with Gasteiger partial charge in [0.2, 0.25) is 10.0 Å². The Morgan fingerprint density at radius 1 is 1.35 bits per heavy atom. The highest BCUT2D eigenvalue weighted by Gasteiger charge is 2.30. The Kier molecular flexibility index (Phi) is 5.07. The second kappa shape index (κ2) is 6.43. The van der Waals surface area contributed by atoms with E-state index in [2.05, 4.69) is 6.92 Å². The van der Waals surface area contributed by atoms with Crippen LogP contribution in [0.2, 0.25) is 5.02 Å². The SMILES string of the molecule is CCC1CCN(S(=O)(=O)c2cc(CO)ccc2Cl)CC1. The van der Waals surface area contributed by atoms with Crippen molar-refractivity contribution >= 4 is 21.6 Å². The lowest BCUT2D eigenvalue weighted by molar-refractivity contribution is 0.268. The molecule has 1 aromatic carbocycles.